The number of hydrogen-bond acceptors (Lipinski definition) is 6. The molecule has 0 saturated carbocycles. The Balaban J connectivity index is 1.66. The summed E-state index contributed by atoms with van der Waals surface area (Å²) in [6, 6.07) is 11.0. The molecule has 2 heterocycles. The molecule has 1 saturated heterocycles. The van der Waals surface area contributed by atoms with Crippen LogP contribution in [0.5, 0.6) is 0 Å². The number of sulfonamides is 1. The number of piperidine rings is 1. The molecule has 0 spiro atoms. The number of nitrogens with zero attached hydrogens (tertiary/aromatic N) is 3. The van der Waals surface area contributed by atoms with Crippen molar-refractivity contribution in [2.24, 2.45) is 4.99 Å². The van der Waals surface area contributed by atoms with E-state index in [0.29, 0.717) is 30.0 Å². The lowest BCUT2D eigenvalue weighted by molar-refractivity contribution is 0.0600. The van der Waals surface area contributed by atoms with Crippen LogP contribution in [-0.4, -0.2) is 49.4 Å². The van der Waals surface area contributed by atoms with E-state index in [9.17, 15) is 18.0 Å². The second-order valence-electron chi connectivity index (χ2n) is 7.86. The van der Waals surface area contributed by atoms with Gasteiger partial charge in [0.2, 0.25) is 10.0 Å². The Kier molecular flexibility index (Phi) is 7.11. The highest BCUT2D eigenvalue weighted by Crippen LogP contribution is 2.22. The maximum atomic E-state index is 12.9. The summed E-state index contributed by atoms with van der Waals surface area (Å²) in [4.78, 5) is 29.7. The van der Waals surface area contributed by atoms with E-state index in [1.807, 2.05) is 4.57 Å². The van der Waals surface area contributed by atoms with Crippen LogP contribution >= 0.6 is 11.3 Å². The molecule has 1 aliphatic rings. The fourth-order valence-corrected chi connectivity index (χ4v) is 6.48. The number of carbonyl (C=O) groups excluding carboxylic acids is 2. The largest absolute Gasteiger partial charge is 0.465 e. The first-order chi connectivity index (χ1) is 16.3. The Hall–Kier alpha value is -3.08. The Labute approximate surface area is 201 Å². The zero-order valence-electron chi connectivity index (χ0n) is 18.8. The van der Waals surface area contributed by atoms with Crippen molar-refractivity contribution in [2.45, 2.75) is 30.7 Å². The number of amides is 1. The number of hydrogen-bond donors (Lipinski definition) is 0. The minimum Gasteiger partial charge on any atom is -0.465 e. The molecular weight excluding hydrogens is 474 g/mol. The first kappa shape index (κ1) is 24.1. The Morgan fingerprint density at radius 3 is 2.41 bits per heavy atom. The smallest absolute Gasteiger partial charge is 0.337 e. The van der Waals surface area contributed by atoms with E-state index in [1.54, 1.807) is 24.3 Å². The SMILES string of the molecule is C=CCn1c(=NC(=O)c2ccc(S(=O)(=O)N3CCCCC3)cc2)sc2cc(C(=O)OC)ccc21. The van der Waals surface area contributed by atoms with E-state index in [2.05, 4.69) is 11.6 Å². The molecule has 4 rings (SSSR count). The highest BCUT2D eigenvalue weighted by atomic mass is 32.2. The molecule has 10 heteroatoms. The highest BCUT2D eigenvalue weighted by Gasteiger charge is 2.26. The van der Waals surface area contributed by atoms with Gasteiger partial charge < -0.3 is 9.30 Å². The number of rotatable bonds is 6. The number of methoxy groups -OCH3 is 1. The molecule has 0 radical (unpaired) electrons. The number of ether oxygens (including phenoxy) is 1. The van der Waals surface area contributed by atoms with Crippen molar-refractivity contribution in [2.75, 3.05) is 20.2 Å². The predicted octanol–water partition coefficient (Wildman–Crippen LogP) is 3.59. The normalized spacial score (nSPS) is 15.4. The number of allylic oxidation sites excluding steroid dienone is 1. The average Bonchev–Trinajstić information content (AvgIpc) is 3.20. The first-order valence-electron chi connectivity index (χ1n) is 10.9. The van der Waals surface area contributed by atoms with Crippen LogP contribution in [-0.2, 0) is 21.3 Å². The standard InChI is InChI=1S/C24H25N3O5S2/c1-3-13-27-20-12-9-18(23(29)32-2)16-21(20)33-24(27)25-22(28)17-7-10-19(11-8-17)34(30,31)26-14-5-4-6-15-26/h3,7-12,16H,1,4-6,13-15H2,2H3. The van der Waals surface area contributed by atoms with Crippen LogP contribution in [0, 0.1) is 0 Å². The number of carbonyl (C=O) groups is 2. The molecule has 8 nitrogen and oxygen atoms in total. The van der Waals surface area contributed by atoms with E-state index < -0.39 is 21.9 Å². The predicted molar refractivity (Wildman–Crippen MR) is 130 cm³/mol. The fraction of sp³-hybridized carbons (Fsp3) is 0.292. The fourth-order valence-electron chi connectivity index (χ4n) is 3.88. The summed E-state index contributed by atoms with van der Waals surface area (Å²) in [7, 11) is -2.25. The van der Waals surface area contributed by atoms with Gasteiger partial charge in [0.25, 0.3) is 5.91 Å². The van der Waals surface area contributed by atoms with Gasteiger partial charge in [-0.3, -0.25) is 4.79 Å². The van der Waals surface area contributed by atoms with E-state index >= 15 is 0 Å². The summed E-state index contributed by atoms with van der Waals surface area (Å²) in [6.07, 6.45) is 4.45. The lowest BCUT2D eigenvalue weighted by Crippen LogP contribution is -2.35. The molecule has 1 fully saturated rings. The molecule has 1 amide bonds. The van der Waals surface area contributed by atoms with Crippen LogP contribution in [0.1, 0.15) is 40.0 Å². The van der Waals surface area contributed by atoms with Gasteiger partial charge in [0.15, 0.2) is 4.80 Å². The molecule has 1 aliphatic heterocycles. The van der Waals surface area contributed by atoms with Gasteiger partial charge in [-0.15, -0.1) is 6.58 Å². The third-order valence-electron chi connectivity index (χ3n) is 5.67. The van der Waals surface area contributed by atoms with E-state index in [0.717, 1.165) is 29.5 Å². The first-order valence-corrected chi connectivity index (χ1v) is 13.1. The van der Waals surface area contributed by atoms with Crippen molar-refractivity contribution in [3.63, 3.8) is 0 Å². The van der Waals surface area contributed by atoms with E-state index in [-0.39, 0.29) is 10.5 Å². The van der Waals surface area contributed by atoms with Gasteiger partial charge in [-0.25, -0.2) is 13.2 Å². The van der Waals surface area contributed by atoms with Crippen molar-refractivity contribution in [1.82, 2.24) is 8.87 Å². The van der Waals surface area contributed by atoms with Crippen LogP contribution in [0.4, 0.5) is 0 Å². The Morgan fingerprint density at radius 1 is 1.09 bits per heavy atom. The average molecular weight is 500 g/mol. The van der Waals surface area contributed by atoms with Crippen LogP contribution < -0.4 is 4.80 Å². The Bertz CT molecular complexity index is 1410. The van der Waals surface area contributed by atoms with Crippen molar-refractivity contribution in [1.29, 1.82) is 0 Å². The van der Waals surface area contributed by atoms with Gasteiger partial charge in [0.1, 0.15) is 0 Å². The summed E-state index contributed by atoms with van der Waals surface area (Å²) in [5.74, 6) is -0.931. The molecule has 0 bridgehead atoms. The molecule has 3 aromatic rings. The summed E-state index contributed by atoms with van der Waals surface area (Å²) in [5.41, 5.74) is 1.51. The second kappa shape index (κ2) is 10.0. The summed E-state index contributed by atoms with van der Waals surface area (Å²) in [6.45, 7) is 5.24. The van der Waals surface area contributed by atoms with E-state index in [1.165, 1.54) is 47.0 Å². The summed E-state index contributed by atoms with van der Waals surface area (Å²) in [5, 5.41) is 0. The maximum absolute atomic E-state index is 12.9. The second-order valence-corrected chi connectivity index (χ2v) is 10.8. The summed E-state index contributed by atoms with van der Waals surface area (Å²) >= 11 is 1.27. The van der Waals surface area contributed by atoms with Crippen molar-refractivity contribution in [3.8, 4) is 0 Å². The third kappa shape index (κ3) is 4.75. The topological polar surface area (TPSA) is 98.0 Å². The number of esters is 1. The zero-order chi connectivity index (χ0) is 24.3. The molecule has 1 aromatic heterocycles. The molecule has 0 aliphatic carbocycles. The van der Waals surface area contributed by atoms with Crippen molar-refractivity contribution < 1.29 is 22.7 Å². The van der Waals surface area contributed by atoms with Crippen molar-refractivity contribution in [3.05, 3.63) is 71.0 Å². The lowest BCUT2D eigenvalue weighted by Gasteiger charge is -2.25. The summed E-state index contributed by atoms with van der Waals surface area (Å²) < 4.78 is 34.6. The lowest BCUT2D eigenvalue weighted by atomic mass is 10.2. The van der Waals surface area contributed by atoms with Crippen LogP contribution in [0.25, 0.3) is 10.2 Å². The maximum Gasteiger partial charge on any atom is 0.337 e. The zero-order valence-corrected chi connectivity index (χ0v) is 20.4. The Morgan fingerprint density at radius 2 is 1.76 bits per heavy atom. The molecule has 2 aromatic carbocycles. The quantitative estimate of drug-likeness (QED) is 0.381. The molecule has 0 N–H and O–H groups in total. The number of benzene rings is 2. The van der Waals surface area contributed by atoms with Gasteiger partial charge in [-0.1, -0.05) is 23.8 Å². The van der Waals surface area contributed by atoms with Gasteiger partial charge in [0, 0.05) is 25.2 Å². The monoisotopic (exact) mass is 499 g/mol. The van der Waals surface area contributed by atoms with Gasteiger partial charge in [-0.05, 0) is 55.3 Å². The van der Waals surface area contributed by atoms with Crippen LogP contribution in [0.2, 0.25) is 0 Å². The molecule has 34 heavy (non-hydrogen) atoms. The number of aromatic nitrogens is 1. The number of thiazole rings is 1. The van der Waals surface area contributed by atoms with Crippen LogP contribution in [0.15, 0.2) is 65.0 Å². The molecule has 0 atom stereocenters. The van der Waals surface area contributed by atoms with Crippen LogP contribution in [0.3, 0.4) is 0 Å². The number of fused-ring (bicyclic) bond motifs is 1. The van der Waals surface area contributed by atoms with Gasteiger partial charge >= 0.3 is 5.97 Å². The molecular formula is C24H25N3O5S2. The third-order valence-corrected chi connectivity index (χ3v) is 8.62. The molecule has 0 unspecified atom stereocenters. The van der Waals surface area contributed by atoms with Gasteiger partial charge in [-0.2, -0.15) is 9.30 Å². The van der Waals surface area contributed by atoms with E-state index in [4.69, 9.17) is 4.74 Å². The van der Waals surface area contributed by atoms with Gasteiger partial charge in [0.05, 0.1) is 27.8 Å². The highest BCUT2D eigenvalue weighted by molar-refractivity contribution is 7.89. The minimum absolute atomic E-state index is 0.171. The van der Waals surface area contributed by atoms with Crippen molar-refractivity contribution >= 4 is 43.5 Å². The molecule has 178 valence electrons. The minimum atomic E-state index is -3.57.